The van der Waals surface area contributed by atoms with Crippen molar-refractivity contribution in [2.24, 2.45) is 5.92 Å². The molecule has 0 spiro atoms. The molecule has 2 bridgehead atoms. The lowest BCUT2D eigenvalue weighted by Gasteiger charge is -2.44. The first-order valence-electron chi connectivity index (χ1n) is 9.22. The van der Waals surface area contributed by atoms with Crippen LogP contribution in [0.15, 0.2) is 11.6 Å². The summed E-state index contributed by atoms with van der Waals surface area (Å²) in [4.78, 5) is 23.0. The number of ether oxygens (including phenoxy) is 2. The number of allylic oxidation sites excluding steroid dienone is 2. The van der Waals surface area contributed by atoms with Gasteiger partial charge >= 0.3 is 0 Å². The summed E-state index contributed by atoms with van der Waals surface area (Å²) >= 11 is 0. The highest BCUT2D eigenvalue weighted by atomic mass is 16.6. The van der Waals surface area contributed by atoms with E-state index in [1.54, 1.807) is 0 Å². The van der Waals surface area contributed by atoms with E-state index in [0.29, 0.717) is 25.2 Å². The van der Waals surface area contributed by atoms with Gasteiger partial charge in [-0.1, -0.05) is 18.6 Å². The molecule has 4 atom stereocenters. The van der Waals surface area contributed by atoms with Crippen LogP contribution in [0, 0.1) is 5.92 Å². The smallest absolute Gasteiger partial charge is 0.139 e. The predicted molar refractivity (Wildman–Crippen MR) is 93.9 cm³/mol. The first-order chi connectivity index (χ1) is 11.3. The zero-order chi connectivity index (χ0) is 17.8. The molecule has 4 nitrogen and oxygen atoms in total. The molecule has 2 rings (SSSR count). The van der Waals surface area contributed by atoms with Crippen molar-refractivity contribution in [1.29, 1.82) is 0 Å². The van der Waals surface area contributed by atoms with Crippen LogP contribution >= 0.6 is 0 Å². The first-order valence-corrected chi connectivity index (χ1v) is 9.22. The standard InChI is InChI=1S/C20H32O4/c1-15(2)7-8-17(22)16(3)6-5-10-19(4)18-9-11-20(24-18,12-13-21)14-23-19/h7,13,16,18H,5-6,8-12,14H2,1-4H3/t16?,18?,19?,20-/m1/s1. The lowest BCUT2D eigenvalue weighted by Crippen LogP contribution is -2.52. The quantitative estimate of drug-likeness (QED) is 0.471. The van der Waals surface area contributed by atoms with Crippen LogP contribution in [0.5, 0.6) is 0 Å². The number of carbonyl (C=O) groups excluding carboxylic acids is 2. The minimum Gasteiger partial charge on any atom is -0.370 e. The van der Waals surface area contributed by atoms with Gasteiger partial charge in [-0.05, 0) is 52.9 Å². The van der Waals surface area contributed by atoms with Gasteiger partial charge in [0.05, 0.1) is 23.9 Å². The Balaban J connectivity index is 1.79. The average Bonchev–Trinajstić information content (AvgIpc) is 2.91. The zero-order valence-electron chi connectivity index (χ0n) is 15.6. The van der Waals surface area contributed by atoms with E-state index in [0.717, 1.165) is 38.4 Å². The molecule has 4 heteroatoms. The minimum atomic E-state index is -0.375. The molecule has 0 aromatic carbocycles. The lowest BCUT2D eigenvalue weighted by molar-refractivity contribution is -0.240. The fourth-order valence-corrected chi connectivity index (χ4v) is 3.76. The van der Waals surface area contributed by atoms with E-state index < -0.39 is 0 Å². The van der Waals surface area contributed by atoms with Crippen LogP contribution < -0.4 is 0 Å². The maximum Gasteiger partial charge on any atom is 0.139 e. The van der Waals surface area contributed by atoms with Crippen molar-refractivity contribution >= 4 is 12.1 Å². The average molecular weight is 336 g/mol. The molecular weight excluding hydrogens is 304 g/mol. The predicted octanol–water partition coefficient (Wildman–Crippen LogP) is 4.01. The number of Topliss-reactive ketones (excluding diaryl/α,β-unsaturated/α-hetero) is 1. The zero-order valence-corrected chi connectivity index (χ0v) is 15.6. The van der Waals surface area contributed by atoms with Crippen LogP contribution in [-0.4, -0.2) is 36.0 Å². The van der Waals surface area contributed by atoms with Gasteiger partial charge in [0.1, 0.15) is 12.1 Å². The summed E-state index contributed by atoms with van der Waals surface area (Å²) in [5.74, 6) is 0.402. The Labute approximate surface area is 146 Å². The molecule has 24 heavy (non-hydrogen) atoms. The second kappa shape index (κ2) is 7.92. The molecule has 2 heterocycles. The van der Waals surface area contributed by atoms with Crippen molar-refractivity contribution < 1.29 is 19.1 Å². The summed E-state index contributed by atoms with van der Waals surface area (Å²) < 4.78 is 12.3. The first kappa shape index (κ1) is 19.3. The van der Waals surface area contributed by atoms with Gasteiger partial charge in [-0.2, -0.15) is 0 Å². The molecule has 0 aliphatic carbocycles. The van der Waals surface area contributed by atoms with Crippen LogP contribution in [0.25, 0.3) is 0 Å². The molecular formula is C20H32O4. The van der Waals surface area contributed by atoms with Crippen molar-refractivity contribution in [3.8, 4) is 0 Å². The lowest BCUT2D eigenvalue weighted by atomic mass is 9.88. The third-order valence-electron chi connectivity index (χ3n) is 5.63. The maximum absolute atomic E-state index is 12.1. The topological polar surface area (TPSA) is 52.6 Å². The van der Waals surface area contributed by atoms with Gasteiger partial charge in [0, 0.05) is 18.8 Å². The Morgan fingerprint density at radius 2 is 2.12 bits per heavy atom. The summed E-state index contributed by atoms with van der Waals surface area (Å²) in [7, 11) is 0. The number of carbonyl (C=O) groups is 2. The van der Waals surface area contributed by atoms with Gasteiger partial charge in [-0.25, -0.2) is 0 Å². The van der Waals surface area contributed by atoms with Crippen molar-refractivity contribution in [2.75, 3.05) is 6.61 Å². The van der Waals surface area contributed by atoms with Gasteiger partial charge in [-0.15, -0.1) is 0 Å². The molecule has 0 N–H and O–H groups in total. The van der Waals surface area contributed by atoms with Gasteiger partial charge in [0.2, 0.25) is 0 Å². The Bertz CT molecular complexity index is 494. The number of hydrogen-bond donors (Lipinski definition) is 0. The van der Waals surface area contributed by atoms with Gasteiger partial charge < -0.3 is 14.3 Å². The number of rotatable bonds is 9. The Kier molecular flexibility index (Phi) is 6.38. The highest BCUT2D eigenvalue weighted by Gasteiger charge is 2.53. The third kappa shape index (κ3) is 4.54. The normalized spacial score (nSPS) is 33.1. The molecule has 3 unspecified atom stereocenters. The van der Waals surface area contributed by atoms with E-state index in [1.165, 1.54) is 5.57 Å². The molecule has 0 radical (unpaired) electrons. The van der Waals surface area contributed by atoms with E-state index in [9.17, 15) is 9.59 Å². The van der Waals surface area contributed by atoms with E-state index in [1.807, 2.05) is 26.8 Å². The minimum absolute atomic E-state index is 0.0721. The Morgan fingerprint density at radius 1 is 1.38 bits per heavy atom. The Morgan fingerprint density at radius 3 is 2.79 bits per heavy atom. The van der Waals surface area contributed by atoms with Crippen molar-refractivity contribution in [3.63, 3.8) is 0 Å². The van der Waals surface area contributed by atoms with E-state index >= 15 is 0 Å². The third-order valence-corrected chi connectivity index (χ3v) is 5.63. The summed E-state index contributed by atoms with van der Waals surface area (Å²) in [6.45, 7) is 8.68. The molecule has 2 fully saturated rings. The van der Waals surface area contributed by atoms with E-state index in [2.05, 4.69) is 6.92 Å². The highest BCUT2D eigenvalue weighted by Crippen LogP contribution is 2.45. The molecule has 0 amide bonds. The van der Waals surface area contributed by atoms with Crippen LogP contribution in [0.1, 0.15) is 72.6 Å². The van der Waals surface area contributed by atoms with Crippen LogP contribution in [0.2, 0.25) is 0 Å². The maximum atomic E-state index is 12.1. The molecule has 2 aliphatic heterocycles. The van der Waals surface area contributed by atoms with Crippen molar-refractivity contribution in [3.05, 3.63) is 11.6 Å². The number of aldehydes is 1. The molecule has 2 aliphatic rings. The van der Waals surface area contributed by atoms with Gasteiger partial charge in [0.15, 0.2) is 0 Å². The van der Waals surface area contributed by atoms with E-state index in [-0.39, 0.29) is 23.2 Å². The molecule has 2 saturated heterocycles. The summed E-state index contributed by atoms with van der Waals surface area (Å²) in [5.41, 5.74) is 0.529. The summed E-state index contributed by atoms with van der Waals surface area (Å²) in [6, 6.07) is 0. The van der Waals surface area contributed by atoms with Crippen molar-refractivity contribution in [2.45, 2.75) is 89.9 Å². The highest BCUT2D eigenvalue weighted by molar-refractivity contribution is 5.82. The van der Waals surface area contributed by atoms with Crippen LogP contribution in [0.4, 0.5) is 0 Å². The second-order valence-corrected chi connectivity index (χ2v) is 8.05. The monoisotopic (exact) mass is 336 g/mol. The van der Waals surface area contributed by atoms with Crippen LogP contribution in [0.3, 0.4) is 0 Å². The summed E-state index contributed by atoms with van der Waals surface area (Å²) in [6.07, 6.45) is 8.59. The second-order valence-electron chi connectivity index (χ2n) is 8.05. The fourth-order valence-electron chi connectivity index (χ4n) is 3.76. The van der Waals surface area contributed by atoms with Crippen molar-refractivity contribution in [1.82, 2.24) is 0 Å². The fraction of sp³-hybridized carbons (Fsp3) is 0.800. The van der Waals surface area contributed by atoms with Gasteiger partial charge in [-0.3, -0.25) is 4.79 Å². The molecule has 136 valence electrons. The van der Waals surface area contributed by atoms with Gasteiger partial charge in [0.25, 0.3) is 0 Å². The summed E-state index contributed by atoms with van der Waals surface area (Å²) in [5, 5.41) is 0. The number of ketones is 1. The SMILES string of the molecule is CC(C)=CCC(=O)C(C)CCCC1(C)OC[C@]2(CC=O)CCC1O2. The number of fused-ring (bicyclic) bond motifs is 2. The Hall–Kier alpha value is -1.00. The number of hydrogen-bond acceptors (Lipinski definition) is 4. The largest absolute Gasteiger partial charge is 0.370 e. The molecule has 0 saturated carbocycles. The van der Waals surface area contributed by atoms with Crippen LogP contribution in [-0.2, 0) is 19.1 Å². The molecule has 0 aromatic heterocycles. The van der Waals surface area contributed by atoms with E-state index in [4.69, 9.17) is 9.47 Å². The molecule has 0 aromatic rings.